The molecule has 0 radical (unpaired) electrons. The summed E-state index contributed by atoms with van der Waals surface area (Å²) in [7, 11) is 0. The van der Waals surface area contributed by atoms with Gasteiger partial charge in [0.25, 0.3) is 5.91 Å². The Morgan fingerprint density at radius 3 is 2.95 bits per heavy atom. The molecular formula is C13H15BrN2O3. The second-order valence-corrected chi connectivity index (χ2v) is 4.83. The lowest BCUT2D eigenvalue weighted by Gasteiger charge is -2.13. The maximum absolute atomic E-state index is 11.5. The monoisotopic (exact) mass is 326 g/mol. The number of carbonyl (C=O) groups excluding carboxylic acids is 1. The van der Waals surface area contributed by atoms with Gasteiger partial charge in [0.15, 0.2) is 6.61 Å². The molecule has 1 rings (SSSR count). The van der Waals surface area contributed by atoms with E-state index in [0.29, 0.717) is 17.9 Å². The Kier molecular flexibility index (Phi) is 6.33. The second-order valence-electron chi connectivity index (χ2n) is 3.92. The number of ether oxygens (including phenoxy) is 1. The summed E-state index contributed by atoms with van der Waals surface area (Å²) >= 11 is 3.33. The third-order valence-electron chi connectivity index (χ3n) is 2.39. The first-order chi connectivity index (χ1) is 9.08. The van der Waals surface area contributed by atoms with E-state index in [0.717, 1.165) is 10.0 Å². The summed E-state index contributed by atoms with van der Waals surface area (Å²) in [5, 5.41) is 20.2. The topological polar surface area (TPSA) is 82.3 Å². The molecule has 2 N–H and O–H groups in total. The van der Waals surface area contributed by atoms with Crippen LogP contribution in [0.25, 0.3) is 0 Å². The molecule has 0 aliphatic carbocycles. The van der Waals surface area contributed by atoms with E-state index in [4.69, 9.17) is 10.00 Å². The maximum atomic E-state index is 11.5. The first kappa shape index (κ1) is 15.5. The molecule has 0 heterocycles. The Morgan fingerprint density at radius 1 is 1.58 bits per heavy atom. The smallest absolute Gasteiger partial charge is 0.257 e. The molecule has 0 aromatic heterocycles. The molecule has 0 bridgehead atoms. The summed E-state index contributed by atoms with van der Waals surface area (Å²) in [4.78, 5) is 11.5. The van der Waals surface area contributed by atoms with Gasteiger partial charge in [-0.15, -0.1) is 0 Å². The van der Waals surface area contributed by atoms with Gasteiger partial charge in [0.05, 0.1) is 19.1 Å². The zero-order valence-electron chi connectivity index (χ0n) is 10.6. The van der Waals surface area contributed by atoms with Gasteiger partial charge in [0.1, 0.15) is 5.75 Å². The van der Waals surface area contributed by atoms with Crippen molar-refractivity contribution < 1.29 is 14.6 Å². The molecule has 0 fully saturated rings. The summed E-state index contributed by atoms with van der Waals surface area (Å²) in [6, 6.07) is 5.53. The van der Waals surface area contributed by atoms with E-state index in [2.05, 4.69) is 21.2 Å². The van der Waals surface area contributed by atoms with Crippen LogP contribution in [0.5, 0.6) is 5.75 Å². The Bertz CT molecular complexity index is 497. The highest BCUT2D eigenvalue weighted by Gasteiger charge is 2.10. The van der Waals surface area contributed by atoms with Gasteiger partial charge in [-0.1, -0.05) is 15.9 Å². The highest BCUT2D eigenvalue weighted by molar-refractivity contribution is 9.10. The zero-order valence-corrected chi connectivity index (χ0v) is 12.2. The van der Waals surface area contributed by atoms with E-state index in [1.54, 1.807) is 6.07 Å². The molecule has 0 saturated heterocycles. The maximum Gasteiger partial charge on any atom is 0.257 e. The molecule has 6 heteroatoms. The van der Waals surface area contributed by atoms with Crippen molar-refractivity contribution in [1.29, 1.82) is 5.26 Å². The number of halogens is 1. The average molecular weight is 327 g/mol. The van der Waals surface area contributed by atoms with Crippen LogP contribution in [0.4, 0.5) is 0 Å². The number of nitriles is 1. The number of aliphatic hydroxyl groups is 1. The number of rotatable bonds is 6. The molecule has 0 saturated carbocycles. The van der Waals surface area contributed by atoms with Gasteiger partial charge in [-0.2, -0.15) is 5.26 Å². The molecule has 0 spiro atoms. The fourth-order valence-corrected chi connectivity index (χ4v) is 2.19. The minimum absolute atomic E-state index is 0.138. The fourth-order valence-electron chi connectivity index (χ4n) is 1.57. The molecule has 5 nitrogen and oxygen atoms in total. The molecule has 0 atom stereocenters. The van der Waals surface area contributed by atoms with Crippen LogP contribution in [-0.2, 0) is 11.4 Å². The standard InChI is InChI=1S/C13H15BrN2O3/c1-9-5-11(14)6-10(7-17)13(9)19-8-12(18)16-4-2-3-15/h5-6,17H,2,4,7-8H2,1H3,(H,16,18). The van der Waals surface area contributed by atoms with Crippen molar-refractivity contribution in [2.75, 3.05) is 13.2 Å². The Balaban J connectivity index is 2.62. The molecule has 1 amide bonds. The number of hydrogen-bond donors (Lipinski definition) is 2. The molecule has 1 aromatic carbocycles. The van der Waals surface area contributed by atoms with Crippen molar-refractivity contribution in [3.8, 4) is 11.8 Å². The van der Waals surface area contributed by atoms with Crippen molar-refractivity contribution in [1.82, 2.24) is 5.32 Å². The molecule has 1 aromatic rings. The zero-order chi connectivity index (χ0) is 14.3. The largest absolute Gasteiger partial charge is 0.483 e. The second kappa shape index (κ2) is 7.77. The number of carbonyl (C=O) groups is 1. The van der Waals surface area contributed by atoms with Gasteiger partial charge in [0, 0.05) is 16.6 Å². The van der Waals surface area contributed by atoms with Crippen molar-refractivity contribution >= 4 is 21.8 Å². The summed E-state index contributed by atoms with van der Waals surface area (Å²) in [5.41, 5.74) is 1.46. The highest BCUT2D eigenvalue weighted by atomic mass is 79.9. The number of nitrogens with zero attached hydrogens (tertiary/aromatic N) is 1. The van der Waals surface area contributed by atoms with E-state index in [9.17, 15) is 9.90 Å². The molecule has 0 aliphatic heterocycles. The number of aliphatic hydroxyl groups excluding tert-OH is 1. The summed E-state index contributed by atoms with van der Waals surface area (Å²) in [6.07, 6.45) is 0.269. The molecule has 0 aliphatic rings. The normalized spacial score (nSPS) is 9.79. The van der Waals surface area contributed by atoms with Crippen LogP contribution in [0, 0.1) is 18.3 Å². The summed E-state index contributed by atoms with van der Waals surface area (Å²) in [6.45, 7) is 1.85. The van der Waals surface area contributed by atoms with Crippen molar-refractivity contribution in [3.05, 3.63) is 27.7 Å². The van der Waals surface area contributed by atoms with Crippen LogP contribution >= 0.6 is 15.9 Å². The lowest BCUT2D eigenvalue weighted by atomic mass is 10.1. The third kappa shape index (κ3) is 4.89. The Morgan fingerprint density at radius 2 is 2.32 bits per heavy atom. The van der Waals surface area contributed by atoms with Crippen LogP contribution in [0.2, 0.25) is 0 Å². The number of aryl methyl sites for hydroxylation is 1. The first-order valence-electron chi connectivity index (χ1n) is 5.74. The van der Waals surface area contributed by atoms with E-state index in [1.807, 2.05) is 19.1 Å². The SMILES string of the molecule is Cc1cc(Br)cc(CO)c1OCC(=O)NCCC#N. The molecular weight excluding hydrogens is 312 g/mol. The van der Waals surface area contributed by atoms with Crippen LogP contribution in [0.1, 0.15) is 17.5 Å². The fraction of sp³-hybridized carbons (Fsp3) is 0.385. The third-order valence-corrected chi connectivity index (χ3v) is 2.85. The van der Waals surface area contributed by atoms with E-state index >= 15 is 0 Å². The van der Waals surface area contributed by atoms with E-state index in [1.165, 1.54) is 0 Å². The lowest BCUT2D eigenvalue weighted by molar-refractivity contribution is -0.123. The van der Waals surface area contributed by atoms with Crippen LogP contribution in [0.15, 0.2) is 16.6 Å². The van der Waals surface area contributed by atoms with Gasteiger partial charge in [-0.25, -0.2) is 0 Å². The predicted molar refractivity (Wildman–Crippen MR) is 73.5 cm³/mol. The number of benzene rings is 1. The van der Waals surface area contributed by atoms with E-state index in [-0.39, 0.29) is 25.5 Å². The van der Waals surface area contributed by atoms with Crippen molar-refractivity contribution in [2.45, 2.75) is 20.0 Å². The van der Waals surface area contributed by atoms with Crippen LogP contribution < -0.4 is 10.1 Å². The quantitative estimate of drug-likeness (QED) is 0.779. The molecule has 102 valence electrons. The average Bonchev–Trinajstić information content (AvgIpc) is 2.37. The predicted octanol–water partition coefficient (Wildman–Crippen LogP) is 1.66. The summed E-state index contributed by atoms with van der Waals surface area (Å²) < 4.78 is 6.28. The van der Waals surface area contributed by atoms with Crippen molar-refractivity contribution in [3.63, 3.8) is 0 Å². The van der Waals surface area contributed by atoms with Gasteiger partial charge in [-0.05, 0) is 24.6 Å². The molecule has 19 heavy (non-hydrogen) atoms. The minimum atomic E-state index is -0.290. The molecule has 0 unspecified atom stereocenters. The van der Waals surface area contributed by atoms with Crippen LogP contribution in [0.3, 0.4) is 0 Å². The Hall–Kier alpha value is -1.58. The van der Waals surface area contributed by atoms with Gasteiger partial charge in [-0.3, -0.25) is 4.79 Å². The Labute approximate surface area is 120 Å². The van der Waals surface area contributed by atoms with Crippen LogP contribution in [-0.4, -0.2) is 24.2 Å². The van der Waals surface area contributed by atoms with Gasteiger partial charge in [0.2, 0.25) is 0 Å². The van der Waals surface area contributed by atoms with Gasteiger partial charge >= 0.3 is 0 Å². The number of hydrogen-bond acceptors (Lipinski definition) is 4. The number of nitrogens with one attached hydrogen (secondary N) is 1. The lowest BCUT2D eigenvalue weighted by Crippen LogP contribution is -2.29. The van der Waals surface area contributed by atoms with E-state index < -0.39 is 0 Å². The van der Waals surface area contributed by atoms with Gasteiger partial charge < -0.3 is 15.2 Å². The number of amides is 1. The first-order valence-corrected chi connectivity index (χ1v) is 6.54. The minimum Gasteiger partial charge on any atom is -0.483 e. The van der Waals surface area contributed by atoms with Crippen molar-refractivity contribution in [2.24, 2.45) is 0 Å². The summed E-state index contributed by atoms with van der Waals surface area (Å²) in [5.74, 6) is 0.225. The highest BCUT2D eigenvalue weighted by Crippen LogP contribution is 2.28.